The molecule has 1 aromatic heterocycles. The molecule has 0 aliphatic heterocycles. The van der Waals surface area contributed by atoms with Crippen LogP contribution in [0.3, 0.4) is 0 Å². The summed E-state index contributed by atoms with van der Waals surface area (Å²) in [4.78, 5) is 8.07. The molecule has 5 nitrogen and oxygen atoms in total. The van der Waals surface area contributed by atoms with E-state index in [4.69, 9.17) is 16.2 Å². The van der Waals surface area contributed by atoms with E-state index in [2.05, 4.69) is 9.97 Å². The summed E-state index contributed by atoms with van der Waals surface area (Å²) in [7, 11) is 0. The van der Waals surface area contributed by atoms with E-state index < -0.39 is 11.7 Å². The van der Waals surface area contributed by atoms with Crippen molar-refractivity contribution >= 4 is 22.7 Å². The molecule has 3 aromatic rings. The Kier molecular flexibility index (Phi) is 4.58. The van der Waals surface area contributed by atoms with E-state index in [9.17, 15) is 13.2 Å². The molecule has 0 saturated heterocycles. The normalized spacial score (nSPS) is 12.9. The zero-order chi connectivity index (χ0) is 18.9. The van der Waals surface area contributed by atoms with Gasteiger partial charge in [0.15, 0.2) is 0 Å². The van der Waals surface area contributed by atoms with Crippen LogP contribution in [0.4, 0.5) is 24.9 Å². The van der Waals surface area contributed by atoms with Crippen LogP contribution in [0.2, 0.25) is 0 Å². The average Bonchev–Trinajstić information content (AvgIpc) is 2.54. The van der Waals surface area contributed by atoms with Crippen LogP contribution in [-0.4, -0.2) is 16.1 Å². The van der Waals surface area contributed by atoms with Crippen LogP contribution in [0.1, 0.15) is 18.1 Å². The average molecular weight is 362 g/mol. The molecule has 1 unspecified atom stereocenters. The predicted molar refractivity (Wildman–Crippen MR) is 93.6 cm³/mol. The van der Waals surface area contributed by atoms with E-state index in [0.717, 1.165) is 17.7 Å². The maximum Gasteiger partial charge on any atom is 0.416 e. The van der Waals surface area contributed by atoms with Gasteiger partial charge in [0.25, 0.3) is 0 Å². The number of ether oxygens (including phenoxy) is 1. The Morgan fingerprint density at radius 2 is 1.73 bits per heavy atom. The molecule has 0 radical (unpaired) electrons. The standard InChI is InChI=1S/C18H17F3N4O/c1-10(9-11-5-7-12(8-6-11)18(19,20)21)26-14-4-2-3-13-15(14)16(22)25-17(23)24-13/h2-8,10H,9H2,1H3,(H4,22,23,24,25). The molecule has 136 valence electrons. The van der Waals surface area contributed by atoms with E-state index in [1.807, 2.05) is 6.92 Å². The number of alkyl halides is 3. The van der Waals surface area contributed by atoms with Gasteiger partial charge in [-0.25, -0.2) is 4.98 Å². The summed E-state index contributed by atoms with van der Waals surface area (Å²) in [6.45, 7) is 1.82. The largest absolute Gasteiger partial charge is 0.490 e. The molecule has 0 aliphatic carbocycles. The lowest BCUT2D eigenvalue weighted by molar-refractivity contribution is -0.137. The lowest BCUT2D eigenvalue weighted by Gasteiger charge is -2.17. The molecule has 4 N–H and O–H groups in total. The summed E-state index contributed by atoms with van der Waals surface area (Å²) < 4.78 is 43.8. The van der Waals surface area contributed by atoms with Gasteiger partial charge in [-0.05, 0) is 36.8 Å². The summed E-state index contributed by atoms with van der Waals surface area (Å²) in [5.41, 5.74) is 12.1. The first kappa shape index (κ1) is 17.8. The lowest BCUT2D eigenvalue weighted by Crippen LogP contribution is -2.16. The van der Waals surface area contributed by atoms with Gasteiger partial charge in [-0.15, -0.1) is 0 Å². The van der Waals surface area contributed by atoms with E-state index in [1.54, 1.807) is 18.2 Å². The van der Waals surface area contributed by atoms with E-state index in [0.29, 0.717) is 23.1 Å². The first-order valence-electron chi connectivity index (χ1n) is 7.88. The Bertz CT molecular complexity index is 926. The minimum Gasteiger partial charge on any atom is -0.490 e. The van der Waals surface area contributed by atoms with Gasteiger partial charge in [0, 0.05) is 6.42 Å². The Morgan fingerprint density at radius 3 is 2.38 bits per heavy atom. The van der Waals surface area contributed by atoms with Crippen LogP contribution < -0.4 is 16.2 Å². The number of hydrogen-bond acceptors (Lipinski definition) is 5. The molecule has 26 heavy (non-hydrogen) atoms. The molecule has 0 saturated carbocycles. The summed E-state index contributed by atoms with van der Waals surface area (Å²) in [6, 6.07) is 10.3. The number of aromatic nitrogens is 2. The van der Waals surface area contributed by atoms with Gasteiger partial charge in [0.05, 0.1) is 22.6 Å². The topological polar surface area (TPSA) is 87.0 Å². The Hall–Kier alpha value is -3.03. The summed E-state index contributed by atoms with van der Waals surface area (Å²) in [5.74, 6) is 0.786. The molecule has 3 rings (SSSR count). The van der Waals surface area contributed by atoms with Gasteiger partial charge in [0.1, 0.15) is 11.6 Å². The number of halogens is 3. The molecule has 0 amide bonds. The van der Waals surface area contributed by atoms with Crippen molar-refractivity contribution in [2.45, 2.75) is 25.6 Å². The number of rotatable bonds is 4. The van der Waals surface area contributed by atoms with Crippen LogP contribution in [0.25, 0.3) is 10.9 Å². The fourth-order valence-corrected chi connectivity index (χ4v) is 2.72. The van der Waals surface area contributed by atoms with Crippen molar-refractivity contribution in [3.63, 3.8) is 0 Å². The number of nitrogens with zero attached hydrogens (tertiary/aromatic N) is 2. The Balaban J connectivity index is 1.78. The van der Waals surface area contributed by atoms with Crippen LogP contribution in [0.5, 0.6) is 5.75 Å². The monoisotopic (exact) mass is 362 g/mol. The summed E-state index contributed by atoms with van der Waals surface area (Å²) >= 11 is 0. The Morgan fingerprint density at radius 1 is 1.04 bits per heavy atom. The molecule has 0 spiro atoms. The predicted octanol–water partition coefficient (Wildman–Crippen LogP) is 3.82. The second-order valence-corrected chi connectivity index (χ2v) is 5.94. The zero-order valence-corrected chi connectivity index (χ0v) is 13.9. The third-order valence-electron chi connectivity index (χ3n) is 3.86. The fraction of sp³-hybridized carbons (Fsp3) is 0.222. The minimum atomic E-state index is -4.34. The maximum absolute atomic E-state index is 12.6. The number of anilines is 2. The van der Waals surface area contributed by atoms with Crippen molar-refractivity contribution < 1.29 is 17.9 Å². The fourth-order valence-electron chi connectivity index (χ4n) is 2.72. The zero-order valence-electron chi connectivity index (χ0n) is 13.9. The second kappa shape index (κ2) is 6.70. The molecule has 1 atom stereocenters. The highest BCUT2D eigenvalue weighted by Crippen LogP contribution is 2.31. The maximum atomic E-state index is 12.6. The third kappa shape index (κ3) is 3.79. The molecular formula is C18H17F3N4O. The van der Waals surface area contributed by atoms with Gasteiger partial charge < -0.3 is 16.2 Å². The highest BCUT2D eigenvalue weighted by atomic mass is 19.4. The van der Waals surface area contributed by atoms with Gasteiger partial charge in [-0.1, -0.05) is 18.2 Å². The van der Waals surface area contributed by atoms with Crippen LogP contribution >= 0.6 is 0 Å². The van der Waals surface area contributed by atoms with Crippen molar-refractivity contribution in [1.29, 1.82) is 0 Å². The smallest absolute Gasteiger partial charge is 0.416 e. The first-order valence-corrected chi connectivity index (χ1v) is 7.88. The second-order valence-electron chi connectivity index (χ2n) is 5.94. The van der Waals surface area contributed by atoms with E-state index in [1.165, 1.54) is 12.1 Å². The number of nitrogen functional groups attached to an aromatic ring is 2. The molecule has 8 heteroatoms. The summed E-state index contributed by atoms with van der Waals surface area (Å²) in [5, 5.41) is 0.556. The summed E-state index contributed by atoms with van der Waals surface area (Å²) in [6.07, 6.45) is -4.21. The van der Waals surface area contributed by atoms with Crippen molar-refractivity contribution in [1.82, 2.24) is 9.97 Å². The minimum absolute atomic E-state index is 0.0740. The lowest BCUT2D eigenvalue weighted by atomic mass is 10.1. The van der Waals surface area contributed by atoms with E-state index in [-0.39, 0.29) is 17.9 Å². The molecule has 0 bridgehead atoms. The number of nitrogens with two attached hydrogens (primary N) is 2. The van der Waals surface area contributed by atoms with Crippen LogP contribution in [0.15, 0.2) is 42.5 Å². The third-order valence-corrected chi connectivity index (χ3v) is 3.86. The van der Waals surface area contributed by atoms with Gasteiger partial charge >= 0.3 is 6.18 Å². The quantitative estimate of drug-likeness (QED) is 0.737. The number of fused-ring (bicyclic) bond motifs is 1. The SMILES string of the molecule is CC(Cc1ccc(C(F)(F)F)cc1)Oc1cccc2nc(N)nc(N)c12. The number of hydrogen-bond donors (Lipinski definition) is 2. The highest BCUT2D eigenvalue weighted by molar-refractivity contribution is 5.94. The first-order chi connectivity index (χ1) is 12.2. The molecule has 2 aromatic carbocycles. The van der Waals surface area contributed by atoms with Crippen LogP contribution in [0, 0.1) is 0 Å². The van der Waals surface area contributed by atoms with Gasteiger partial charge in [0.2, 0.25) is 5.95 Å². The molecule has 1 heterocycles. The van der Waals surface area contributed by atoms with Gasteiger partial charge in [-0.2, -0.15) is 18.2 Å². The highest BCUT2D eigenvalue weighted by Gasteiger charge is 2.30. The van der Waals surface area contributed by atoms with Gasteiger partial charge in [-0.3, -0.25) is 0 Å². The van der Waals surface area contributed by atoms with Crippen molar-refractivity contribution in [2.24, 2.45) is 0 Å². The van der Waals surface area contributed by atoms with Crippen molar-refractivity contribution in [3.8, 4) is 5.75 Å². The molecule has 0 fully saturated rings. The molecule has 0 aliphatic rings. The Labute approximate surface area is 147 Å². The van der Waals surface area contributed by atoms with Crippen molar-refractivity contribution in [2.75, 3.05) is 11.5 Å². The molecular weight excluding hydrogens is 345 g/mol. The van der Waals surface area contributed by atoms with E-state index >= 15 is 0 Å². The van der Waals surface area contributed by atoms with Crippen molar-refractivity contribution in [3.05, 3.63) is 53.6 Å². The number of benzene rings is 2. The van der Waals surface area contributed by atoms with Crippen LogP contribution in [-0.2, 0) is 12.6 Å².